The van der Waals surface area contributed by atoms with Crippen molar-refractivity contribution in [3.05, 3.63) is 71.3 Å². The van der Waals surface area contributed by atoms with Crippen LogP contribution < -0.4 is 5.32 Å². The number of aryl methyl sites for hydroxylation is 2. The lowest BCUT2D eigenvalue weighted by molar-refractivity contribution is -0.125. The van der Waals surface area contributed by atoms with Crippen molar-refractivity contribution < 1.29 is 13.2 Å². The molecule has 3 rings (SSSR count). The molecule has 7 heteroatoms. The van der Waals surface area contributed by atoms with Crippen LogP contribution in [-0.2, 0) is 27.0 Å². The largest absolute Gasteiger partial charge is 0.355 e. The zero-order chi connectivity index (χ0) is 22.8. The van der Waals surface area contributed by atoms with Crippen molar-refractivity contribution in [2.75, 3.05) is 31.1 Å². The summed E-state index contributed by atoms with van der Waals surface area (Å²) >= 11 is 1.79. The van der Waals surface area contributed by atoms with Crippen molar-refractivity contribution in [1.29, 1.82) is 0 Å². The average Bonchev–Trinajstić information content (AvgIpc) is 2.79. The highest BCUT2D eigenvalue weighted by Gasteiger charge is 2.31. The fraction of sp³-hybridized carbons (Fsp3) is 0.480. The van der Waals surface area contributed by atoms with Crippen LogP contribution in [0.1, 0.15) is 36.0 Å². The summed E-state index contributed by atoms with van der Waals surface area (Å²) in [7, 11) is -3.33. The van der Waals surface area contributed by atoms with Crippen molar-refractivity contribution in [3.63, 3.8) is 0 Å². The molecule has 0 radical (unpaired) electrons. The van der Waals surface area contributed by atoms with Gasteiger partial charge in [-0.25, -0.2) is 12.7 Å². The predicted molar refractivity (Wildman–Crippen MR) is 133 cm³/mol. The third-order valence-electron chi connectivity index (χ3n) is 5.76. The van der Waals surface area contributed by atoms with E-state index in [0.717, 1.165) is 36.3 Å². The zero-order valence-corrected chi connectivity index (χ0v) is 20.5. The molecule has 32 heavy (non-hydrogen) atoms. The molecule has 1 atom stereocenters. The van der Waals surface area contributed by atoms with Gasteiger partial charge in [0.2, 0.25) is 15.9 Å². The number of sulfonamides is 1. The number of carbonyl (C=O) groups excluding carboxylic acids is 1. The van der Waals surface area contributed by atoms with Gasteiger partial charge in [-0.1, -0.05) is 60.2 Å². The molecular formula is C25H34N2O3S2. The minimum Gasteiger partial charge on any atom is -0.355 e. The molecule has 1 fully saturated rings. The maximum absolute atomic E-state index is 12.8. The highest BCUT2D eigenvalue weighted by Crippen LogP contribution is 2.21. The number of nitrogens with one attached hydrogen (secondary N) is 1. The second kappa shape index (κ2) is 12.4. The number of thioether (sulfide) groups is 1. The quantitative estimate of drug-likeness (QED) is 0.500. The van der Waals surface area contributed by atoms with Gasteiger partial charge < -0.3 is 5.32 Å². The van der Waals surface area contributed by atoms with E-state index < -0.39 is 10.0 Å². The van der Waals surface area contributed by atoms with Crippen LogP contribution in [0.2, 0.25) is 0 Å². The highest BCUT2D eigenvalue weighted by molar-refractivity contribution is 7.98. The summed E-state index contributed by atoms with van der Waals surface area (Å²) in [5.41, 5.74) is 3.70. The number of piperidine rings is 1. The first kappa shape index (κ1) is 24.8. The fourth-order valence-corrected chi connectivity index (χ4v) is 6.41. The minimum absolute atomic E-state index is 0.0228. The second-order valence-electron chi connectivity index (χ2n) is 8.43. The van der Waals surface area contributed by atoms with Crippen molar-refractivity contribution in [2.24, 2.45) is 5.92 Å². The smallest absolute Gasteiger partial charge is 0.224 e. The number of benzene rings is 2. The summed E-state index contributed by atoms with van der Waals surface area (Å²) in [6.07, 6.45) is 2.83. The highest BCUT2D eigenvalue weighted by atomic mass is 32.2. The van der Waals surface area contributed by atoms with E-state index >= 15 is 0 Å². The first-order chi connectivity index (χ1) is 15.4. The van der Waals surface area contributed by atoms with E-state index in [4.69, 9.17) is 0 Å². The molecule has 1 aliphatic heterocycles. The molecule has 1 aliphatic rings. The van der Waals surface area contributed by atoms with Gasteiger partial charge in [-0.2, -0.15) is 11.8 Å². The number of nitrogens with zero attached hydrogens (tertiary/aromatic N) is 1. The van der Waals surface area contributed by atoms with E-state index in [-0.39, 0.29) is 17.6 Å². The molecule has 174 valence electrons. The molecule has 1 heterocycles. The number of amides is 1. The van der Waals surface area contributed by atoms with Crippen LogP contribution in [-0.4, -0.2) is 49.8 Å². The van der Waals surface area contributed by atoms with Crippen LogP contribution in [0.5, 0.6) is 0 Å². The topological polar surface area (TPSA) is 66.5 Å². The number of hydrogen-bond acceptors (Lipinski definition) is 4. The molecule has 0 spiro atoms. The van der Waals surface area contributed by atoms with E-state index in [1.54, 1.807) is 11.8 Å². The molecule has 2 aromatic carbocycles. The van der Waals surface area contributed by atoms with Crippen LogP contribution in [0.15, 0.2) is 54.6 Å². The molecule has 0 aliphatic carbocycles. The Labute approximate surface area is 197 Å². The summed E-state index contributed by atoms with van der Waals surface area (Å²) in [5, 5.41) is 3.01. The summed E-state index contributed by atoms with van der Waals surface area (Å²) < 4.78 is 27.1. The first-order valence-corrected chi connectivity index (χ1v) is 14.1. The minimum atomic E-state index is -3.33. The number of rotatable bonds is 11. The molecule has 1 amide bonds. The lowest BCUT2D eigenvalue weighted by Gasteiger charge is -2.31. The molecule has 1 N–H and O–H groups in total. The van der Waals surface area contributed by atoms with Gasteiger partial charge in [0.05, 0.1) is 11.7 Å². The Morgan fingerprint density at radius 3 is 2.69 bits per heavy atom. The van der Waals surface area contributed by atoms with E-state index in [0.29, 0.717) is 26.1 Å². The lowest BCUT2D eigenvalue weighted by atomic mass is 9.99. The van der Waals surface area contributed by atoms with Crippen LogP contribution in [0.3, 0.4) is 0 Å². The molecule has 1 saturated heterocycles. The Balaban J connectivity index is 1.37. The van der Waals surface area contributed by atoms with Gasteiger partial charge in [-0.3, -0.25) is 4.79 Å². The Hall–Kier alpha value is -1.83. The monoisotopic (exact) mass is 474 g/mol. The van der Waals surface area contributed by atoms with Crippen molar-refractivity contribution in [2.45, 2.75) is 38.4 Å². The molecular weight excluding hydrogens is 440 g/mol. The van der Waals surface area contributed by atoms with Gasteiger partial charge in [0.15, 0.2) is 0 Å². The molecule has 0 aromatic heterocycles. The average molecular weight is 475 g/mol. The molecule has 5 nitrogen and oxygen atoms in total. The van der Waals surface area contributed by atoms with Gasteiger partial charge in [0.1, 0.15) is 0 Å². The summed E-state index contributed by atoms with van der Waals surface area (Å²) in [6, 6.07) is 18.4. The second-order valence-corrected chi connectivity index (χ2v) is 11.6. The van der Waals surface area contributed by atoms with Crippen molar-refractivity contribution in [1.82, 2.24) is 9.62 Å². The fourth-order valence-electron chi connectivity index (χ4n) is 4.02. The lowest BCUT2D eigenvalue weighted by Crippen LogP contribution is -2.46. The van der Waals surface area contributed by atoms with Gasteiger partial charge in [-0.05, 0) is 43.7 Å². The number of hydrogen-bond donors (Lipinski definition) is 1. The van der Waals surface area contributed by atoms with Crippen molar-refractivity contribution in [3.8, 4) is 0 Å². The summed E-state index contributed by atoms with van der Waals surface area (Å²) in [6.45, 7) is 3.51. The van der Waals surface area contributed by atoms with Crippen LogP contribution in [0.25, 0.3) is 0 Å². The van der Waals surface area contributed by atoms with Crippen LogP contribution >= 0.6 is 11.8 Å². The van der Waals surface area contributed by atoms with E-state index in [2.05, 4.69) is 36.5 Å². The molecule has 0 bridgehead atoms. The zero-order valence-electron chi connectivity index (χ0n) is 18.8. The third-order valence-corrected chi connectivity index (χ3v) is 8.71. The third kappa shape index (κ3) is 7.94. The van der Waals surface area contributed by atoms with Gasteiger partial charge in [-0.15, -0.1) is 0 Å². The van der Waals surface area contributed by atoms with Crippen LogP contribution in [0.4, 0.5) is 0 Å². The predicted octanol–water partition coefficient (Wildman–Crippen LogP) is 4.02. The van der Waals surface area contributed by atoms with Crippen molar-refractivity contribution >= 4 is 27.7 Å². The van der Waals surface area contributed by atoms with Gasteiger partial charge in [0.25, 0.3) is 0 Å². The van der Waals surface area contributed by atoms with Gasteiger partial charge >= 0.3 is 0 Å². The SMILES string of the molecule is Cc1cccc(CSCCNC(=O)[C@H]2CCCN(S(=O)(=O)CCCc3ccccc3)C2)c1. The normalized spacial score (nSPS) is 17.2. The maximum Gasteiger partial charge on any atom is 0.224 e. The number of carbonyl (C=O) groups is 1. The first-order valence-electron chi connectivity index (χ1n) is 11.4. The van der Waals surface area contributed by atoms with E-state index in [1.807, 2.05) is 30.3 Å². The molecule has 0 unspecified atom stereocenters. The van der Waals surface area contributed by atoms with E-state index in [1.165, 1.54) is 15.4 Å². The Kier molecular flexibility index (Phi) is 9.63. The Morgan fingerprint density at radius 2 is 1.91 bits per heavy atom. The van der Waals surface area contributed by atoms with Gasteiger partial charge in [0, 0.05) is 31.1 Å². The summed E-state index contributed by atoms with van der Waals surface area (Å²) in [4.78, 5) is 12.6. The standard InChI is InChI=1S/C25H34N2O3S2/c1-21-8-5-11-23(18-21)20-31-16-14-26-25(28)24-13-6-15-27(19-24)32(29,30)17-7-12-22-9-3-2-4-10-22/h2-5,8-11,18,24H,6-7,12-17,19-20H2,1H3,(H,26,28)/t24-/m0/s1. The summed E-state index contributed by atoms with van der Waals surface area (Å²) in [5.74, 6) is 1.62. The molecule has 2 aromatic rings. The Morgan fingerprint density at radius 1 is 1.12 bits per heavy atom. The maximum atomic E-state index is 12.8. The molecule has 0 saturated carbocycles. The Bertz CT molecular complexity index is 964. The van der Waals surface area contributed by atoms with E-state index in [9.17, 15) is 13.2 Å². The van der Waals surface area contributed by atoms with Crippen LogP contribution in [0, 0.1) is 12.8 Å².